The van der Waals surface area contributed by atoms with Crippen LogP contribution in [0.25, 0.3) is 0 Å². The fraction of sp³-hybridized carbons (Fsp3) is 0.696. The molecule has 1 aliphatic heterocycles. The van der Waals surface area contributed by atoms with Crippen LogP contribution < -0.4 is 0 Å². The SMILES string of the molecule is CC(C)(C)OC(=O)c1ccccc1COCC1COCCOCCOCCOCCO1. The van der Waals surface area contributed by atoms with E-state index in [1.54, 1.807) is 6.07 Å². The van der Waals surface area contributed by atoms with Gasteiger partial charge in [-0.1, -0.05) is 18.2 Å². The van der Waals surface area contributed by atoms with Crippen LogP contribution in [0.2, 0.25) is 0 Å². The molecule has 1 saturated heterocycles. The third-order valence-corrected chi connectivity index (χ3v) is 4.20. The second-order valence-corrected chi connectivity index (χ2v) is 8.08. The number of rotatable bonds is 5. The van der Waals surface area contributed by atoms with Crippen molar-refractivity contribution in [1.29, 1.82) is 0 Å². The van der Waals surface area contributed by atoms with Crippen molar-refractivity contribution in [3.63, 3.8) is 0 Å². The maximum atomic E-state index is 12.5. The van der Waals surface area contributed by atoms with E-state index in [1.807, 2.05) is 39.0 Å². The fourth-order valence-electron chi connectivity index (χ4n) is 2.77. The molecule has 0 aliphatic carbocycles. The van der Waals surface area contributed by atoms with Gasteiger partial charge in [-0.3, -0.25) is 0 Å². The third-order valence-electron chi connectivity index (χ3n) is 4.20. The minimum Gasteiger partial charge on any atom is -0.456 e. The van der Waals surface area contributed by atoms with Gasteiger partial charge in [-0.15, -0.1) is 0 Å². The Labute approximate surface area is 185 Å². The van der Waals surface area contributed by atoms with Gasteiger partial charge in [-0.05, 0) is 32.4 Å². The van der Waals surface area contributed by atoms with Crippen molar-refractivity contribution < 1.29 is 38.0 Å². The van der Waals surface area contributed by atoms with Gasteiger partial charge >= 0.3 is 5.97 Å². The number of hydrogen-bond donors (Lipinski definition) is 0. The lowest BCUT2D eigenvalue weighted by Gasteiger charge is -2.21. The monoisotopic (exact) mass is 440 g/mol. The Morgan fingerprint density at radius 3 is 2.13 bits per heavy atom. The molecule has 1 aromatic carbocycles. The minimum absolute atomic E-state index is 0.251. The zero-order valence-electron chi connectivity index (χ0n) is 18.9. The molecule has 31 heavy (non-hydrogen) atoms. The van der Waals surface area contributed by atoms with E-state index < -0.39 is 5.60 Å². The van der Waals surface area contributed by atoms with Crippen molar-refractivity contribution in [1.82, 2.24) is 0 Å². The Hall–Kier alpha value is -1.55. The van der Waals surface area contributed by atoms with Crippen molar-refractivity contribution >= 4 is 5.97 Å². The van der Waals surface area contributed by atoms with Gasteiger partial charge in [0, 0.05) is 0 Å². The lowest BCUT2D eigenvalue weighted by atomic mass is 10.1. The highest BCUT2D eigenvalue weighted by molar-refractivity contribution is 5.91. The Bertz CT molecular complexity index is 612. The normalized spacial score (nSPS) is 20.4. The van der Waals surface area contributed by atoms with Crippen molar-refractivity contribution in [2.24, 2.45) is 0 Å². The molecular weight excluding hydrogens is 404 g/mol. The van der Waals surface area contributed by atoms with Gasteiger partial charge in [0.2, 0.25) is 0 Å². The summed E-state index contributed by atoms with van der Waals surface area (Å²) < 4.78 is 39.2. The van der Waals surface area contributed by atoms with Crippen molar-refractivity contribution in [3.8, 4) is 0 Å². The van der Waals surface area contributed by atoms with Gasteiger partial charge in [0.25, 0.3) is 0 Å². The highest BCUT2D eigenvalue weighted by atomic mass is 16.6. The standard InChI is InChI=1S/C23H36O8/c1-23(2,3)31-22(24)21-7-5-4-6-19(21)16-29-18-20-17-28-13-12-26-9-8-25-10-11-27-14-15-30-20/h4-7,20H,8-18H2,1-3H3. The predicted molar refractivity (Wildman–Crippen MR) is 114 cm³/mol. The van der Waals surface area contributed by atoms with E-state index in [9.17, 15) is 4.79 Å². The number of ether oxygens (including phenoxy) is 7. The average molecular weight is 441 g/mol. The zero-order valence-corrected chi connectivity index (χ0v) is 18.9. The van der Waals surface area contributed by atoms with Crippen LogP contribution in [0.5, 0.6) is 0 Å². The highest BCUT2D eigenvalue weighted by Gasteiger charge is 2.20. The lowest BCUT2D eigenvalue weighted by Crippen LogP contribution is -2.28. The summed E-state index contributed by atoms with van der Waals surface area (Å²) >= 11 is 0. The molecule has 0 bridgehead atoms. The molecule has 0 N–H and O–H groups in total. The van der Waals surface area contributed by atoms with Crippen LogP contribution in [0.4, 0.5) is 0 Å². The summed E-state index contributed by atoms with van der Waals surface area (Å²) in [5.74, 6) is -0.360. The first-order valence-electron chi connectivity index (χ1n) is 10.8. The maximum absolute atomic E-state index is 12.5. The Balaban J connectivity index is 1.84. The summed E-state index contributed by atoms with van der Waals surface area (Å²) in [4.78, 5) is 12.5. The first kappa shape index (κ1) is 25.7. The first-order valence-corrected chi connectivity index (χ1v) is 10.8. The Morgan fingerprint density at radius 2 is 1.48 bits per heavy atom. The molecular formula is C23H36O8. The Kier molecular flexibility index (Phi) is 12.0. The van der Waals surface area contributed by atoms with Crippen molar-refractivity contribution in [2.75, 3.05) is 66.1 Å². The molecule has 0 saturated carbocycles. The molecule has 0 aromatic heterocycles. The average Bonchev–Trinajstić information content (AvgIpc) is 2.73. The molecule has 1 aromatic rings. The van der Waals surface area contributed by atoms with E-state index in [0.717, 1.165) is 5.56 Å². The fourth-order valence-corrected chi connectivity index (χ4v) is 2.77. The lowest BCUT2D eigenvalue weighted by molar-refractivity contribution is -0.0802. The molecule has 1 fully saturated rings. The molecule has 1 unspecified atom stereocenters. The molecule has 1 aliphatic rings. The van der Waals surface area contributed by atoms with Crippen LogP contribution in [-0.4, -0.2) is 83.7 Å². The van der Waals surface area contributed by atoms with Gasteiger partial charge in [0.05, 0.1) is 78.2 Å². The zero-order chi connectivity index (χ0) is 22.4. The molecule has 2 rings (SSSR count). The van der Waals surface area contributed by atoms with E-state index >= 15 is 0 Å². The number of carbonyl (C=O) groups is 1. The van der Waals surface area contributed by atoms with Crippen LogP contribution in [-0.2, 0) is 39.8 Å². The molecule has 8 nitrogen and oxygen atoms in total. The quantitative estimate of drug-likeness (QED) is 0.647. The largest absolute Gasteiger partial charge is 0.456 e. The Morgan fingerprint density at radius 1 is 0.903 bits per heavy atom. The number of carbonyl (C=O) groups excluding carboxylic acids is 1. The summed E-state index contributed by atoms with van der Waals surface area (Å²) in [5.41, 5.74) is 0.717. The van der Waals surface area contributed by atoms with E-state index in [0.29, 0.717) is 71.6 Å². The molecule has 0 radical (unpaired) electrons. The molecule has 8 heteroatoms. The van der Waals surface area contributed by atoms with Gasteiger partial charge in [0.1, 0.15) is 11.7 Å². The van der Waals surface area contributed by atoms with E-state index in [2.05, 4.69) is 0 Å². The van der Waals surface area contributed by atoms with Crippen LogP contribution >= 0.6 is 0 Å². The summed E-state index contributed by atoms with van der Waals surface area (Å²) in [6.07, 6.45) is -0.251. The topological polar surface area (TPSA) is 81.7 Å². The molecule has 1 heterocycles. The molecule has 0 amide bonds. The third kappa shape index (κ3) is 11.6. The van der Waals surface area contributed by atoms with Crippen molar-refractivity contribution in [3.05, 3.63) is 35.4 Å². The maximum Gasteiger partial charge on any atom is 0.339 e. The second-order valence-electron chi connectivity index (χ2n) is 8.08. The highest BCUT2D eigenvalue weighted by Crippen LogP contribution is 2.16. The van der Waals surface area contributed by atoms with E-state index in [4.69, 9.17) is 33.2 Å². The van der Waals surface area contributed by atoms with Crippen LogP contribution in [0.1, 0.15) is 36.7 Å². The smallest absolute Gasteiger partial charge is 0.339 e. The molecule has 176 valence electrons. The van der Waals surface area contributed by atoms with E-state index in [-0.39, 0.29) is 18.7 Å². The molecule has 0 spiro atoms. The number of esters is 1. The summed E-state index contributed by atoms with van der Waals surface area (Å²) in [6.45, 7) is 10.5. The van der Waals surface area contributed by atoms with Gasteiger partial charge in [-0.2, -0.15) is 0 Å². The van der Waals surface area contributed by atoms with Gasteiger partial charge in [-0.25, -0.2) is 4.79 Å². The van der Waals surface area contributed by atoms with Crippen molar-refractivity contribution in [2.45, 2.75) is 39.1 Å². The first-order chi connectivity index (χ1) is 15.0. The summed E-state index contributed by atoms with van der Waals surface area (Å²) in [5, 5.41) is 0. The molecule has 1 atom stereocenters. The van der Waals surface area contributed by atoms with Crippen LogP contribution in [0.3, 0.4) is 0 Å². The predicted octanol–water partition coefficient (Wildman–Crippen LogP) is 2.62. The number of hydrogen-bond acceptors (Lipinski definition) is 8. The minimum atomic E-state index is -0.557. The van der Waals surface area contributed by atoms with Gasteiger partial charge in [0.15, 0.2) is 0 Å². The second kappa shape index (κ2) is 14.5. The van der Waals surface area contributed by atoms with Crippen LogP contribution in [0, 0.1) is 0 Å². The van der Waals surface area contributed by atoms with E-state index in [1.165, 1.54) is 0 Å². The summed E-state index contributed by atoms with van der Waals surface area (Å²) in [6, 6.07) is 7.29. The van der Waals surface area contributed by atoms with Gasteiger partial charge < -0.3 is 33.2 Å². The number of benzene rings is 1. The summed E-state index contributed by atoms with van der Waals surface area (Å²) in [7, 11) is 0. The van der Waals surface area contributed by atoms with Crippen LogP contribution in [0.15, 0.2) is 24.3 Å².